The van der Waals surface area contributed by atoms with Crippen LogP contribution in [0.4, 0.5) is 16.2 Å². The summed E-state index contributed by atoms with van der Waals surface area (Å²) in [5, 5.41) is 8.95. The molecule has 1 saturated heterocycles. The molecular formula is C22H28ClN5O3. The third kappa shape index (κ3) is 6.50. The highest BCUT2D eigenvalue weighted by Crippen LogP contribution is 2.28. The van der Waals surface area contributed by atoms with Gasteiger partial charge < -0.3 is 31.3 Å². The Labute approximate surface area is 187 Å². The molecule has 1 atom stereocenters. The summed E-state index contributed by atoms with van der Waals surface area (Å²) >= 11 is 6.05. The van der Waals surface area contributed by atoms with E-state index in [-0.39, 0.29) is 11.9 Å². The van der Waals surface area contributed by atoms with Gasteiger partial charge in [0.05, 0.1) is 23.4 Å². The molecule has 3 rings (SSSR count). The van der Waals surface area contributed by atoms with Gasteiger partial charge in [0.1, 0.15) is 5.75 Å². The summed E-state index contributed by atoms with van der Waals surface area (Å²) < 4.78 is 5.24. The van der Waals surface area contributed by atoms with E-state index < -0.39 is 0 Å². The van der Waals surface area contributed by atoms with Crippen molar-refractivity contribution >= 4 is 34.9 Å². The number of nitrogens with two attached hydrogens (primary N) is 1. The van der Waals surface area contributed by atoms with E-state index in [0.717, 1.165) is 31.7 Å². The Hall–Kier alpha value is -2.97. The minimum Gasteiger partial charge on any atom is -0.496 e. The molecule has 0 bridgehead atoms. The second-order valence-electron chi connectivity index (χ2n) is 7.49. The largest absolute Gasteiger partial charge is 0.496 e. The van der Waals surface area contributed by atoms with Crippen molar-refractivity contribution in [2.45, 2.75) is 6.42 Å². The number of likely N-dealkylation sites (tertiary alicyclic amines) is 1. The fourth-order valence-electron chi connectivity index (χ4n) is 3.55. The van der Waals surface area contributed by atoms with Crippen LogP contribution in [-0.2, 0) is 0 Å². The standard InChI is InChI=1S/C22H28ClN5O3/c1-31-20-12-19(24)18(23)11-17(20)21(29)26-13-15-7-9-28(14-15)10-8-25-22(30)27-16-5-3-2-4-6-16/h2-6,11-12,15H,7-10,13-14,24H2,1H3,(H,26,29)(H2,25,27,30). The lowest BCUT2D eigenvalue weighted by molar-refractivity contribution is 0.0944. The van der Waals surface area contributed by atoms with Crippen LogP contribution in [0.25, 0.3) is 0 Å². The maximum Gasteiger partial charge on any atom is 0.319 e. The van der Waals surface area contributed by atoms with E-state index in [0.29, 0.717) is 41.0 Å². The van der Waals surface area contributed by atoms with Gasteiger partial charge in [0.2, 0.25) is 0 Å². The van der Waals surface area contributed by atoms with Crippen molar-refractivity contribution in [2.24, 2.45) is 5.92 Å². The summed E-state index contributed by atoms with van der Waals surface area (Å²) in [5.41, 5.74) is 7.27. The van der Waals surface area contributed by atoms with Crippen LogP contribution in [-0.4, -0.2) is 56.7 Å². The topological polar surface area (TPSA) is 109 Å². The number of halogens is 1. The SMILES string of the molecule is COc1cc(N)c(Cl)cc1C(=O)NCC1CCN(CCNC(=O)Nc2ccccc2)C1. The number of urea groups is 1. The first kappa shape index (κ1) is 22.7. The van der Waals surface area contributed by atoms with Crippen LogP contribution < -0.4 is 26.4 Å². The molecule has 0 saturated carbocycles. The molecule has 0 aliphatic carbocycles. The Balaban J connectivity index is 1.38. The molecule has 1 aliphatic heterocycles. The van der Waals surface area contributed by atoms with Crippen LogP contribution in [0.15, 0.2) is 42.5 Å². The van der Waals surface area contributed by atoms with Crippen molar-refractivity contribution in [2.75, 3.05) is 50.9 Å². The molecule has 31 heavy (non-hydrogen) atoms. The lowest BCUT2D eigenvalue weighted by Crippen LogP contribution is -2.37. The smallest absolute Gasteiger partial charge is 0.319 e. The van der Waals surface area contributed by atoms with Gasteiger partial charge >= 0.3 is 6.03 Å². The number of methoxy groups -OCH3 is 1. The number of anilines is 2. The van der Waals surface area contributed by atoms with Crippen molar-refractivity contribution in [3.8, 4) is 5.75 Å². The number of ether oxygens (including phenoxy) is 1. The van der Waals surface area contributed by atoms with Gasteiger partial charge in [-0.1, -0.05) is 29.8 Å². The normalized spacial score (nSPS) is 16.0. The molecule has 1 fully saturated rings. The second-order valence-corrected chi connectivity index (χ2v) is 7.89. The Morgan fingerprint density at radius 1 is 1.23 bits per heavy atom. The molecule has 0 aromatic heterocycles. The predicted molar refractivity (Wildman–Crippen MR) is 123 cm³/mol. The number of carbonyl (C=O) groups excluding carboxylic acids is 2. The fourth-order valence-corrected chi connectivity index (χ4v) is 3.72. The van der Waals surface area contributed by atoms with Crippen molar-refractivity contribution in [1.82, 2.24) is 15.5 Å². The highest BCUT2D eigenvalue weighted by molar-refractivity contribution is 6.33. The summed E-state index contributed by atoms with van der Waals surface area (Å²) in [6, 6.07) is 12.2. The Morgan fingerprint density at radius 3 is 2.74 bits per heavy atom. The lowest BCUT2D eigenvalue weighted by Gasteiger charge is -2.17. The van der Waals surface area contributed by atoms with Crippen LogP contribution in [0.1, 0.15) is 16.8 Å². The number of rotatable bonds is 8. The summed E-state index contributed by atoms with van der Waals surface area (Å²) in [6.45, 7) is 3.66. The number of nitrogen functional groups attached to an aromatic ring is 1. The van der Waals surface area contributed by atoms with Gasteiger partial charge in [-0.05, 0) is 37.1 Å². The Morgan fingerprint density at radius 2 is 2.00 bits per heavy atom. The third-order valence-corrected chi connectivity index (χ3v) is 5.56. The van der Waals surface area contributed by atoms with Crippen LogP contribution in [0.5, 0.6) is 5.75 Å². The van der Waals surface area contributed by atoms with Crippen molar-refractivity contribution in [3.63, 3.8) is 0 Å². The van der Waals surface area contributed by atoms with Crippen LogP contribution in [0, 0.1) is 5.92 Å². The summed E-state index contributed by atoms with van der Waals surface area (Å²) in [5.74, 6) is 0.501. The van der Waals surface area contributed by atoms with E-state index in [1.54, 1.807) is 6.07 Å². The van der Waals surface area contributed by atoms with Gasteiger partial charge in [0, 0.05) is 37.9 Å². The average Bonchev–Trinajstić information content (AvgIpc) is 3.22. The average molecular weight is 446 g/mol. The number of hydrogen-bond acceptors (Lipinski definition) is 5. The monoisotopic (exact) mass is 445 g/mol. The Kier molecular flexibility index (Phi) is 7.97. The van der Waals surface area contributed by atoms with Crippen LogP contribution >= 0.6 is 11.6 Å². The second kappa shape index (κ2) is 10.9. The zero-order valence-corrected chi connectivity index (χ0v) is 18.2. The van der Waals surface area contributed by atoms with Gasteiger partial charge in [-0.3, -0.25) is 4.79 Å². The molecule has 8 nitrogen and oxygen atoms in total. The van der Waals surface area contributed by atoms with E-state index >= 15 is 0 Å². The fraction of sp³-hybridized carbons (Fsp3) is 0.364. The highest BCUT2D eigenvalue weighted by atomic mass is 35.5. The number of amides is 3. The highest BCUT2D eigenvalue weighted by Gasteiger charge is 2.23. The molecular weight excluding hydrogens is 418 g/mol. The molecule has 2 aromatic rings. The maximum absolute atomic E-state index is 12.6. The quantitative estimate of drug-likeness (QED) is 0.467. The van der Waals surface area contributed by atoms with Gasteiger partial charge in [-0.2, -0.15) is 0 Å². The van der Waals surface area contributed by atoms with Crippen molar-refractivity contribution in [3.05, 3.63) is 53.1 Å². The van der Waals surface area contributed by atoms with Crippen molar-refractivity contribution in [1.29, 1.82) is 0 Å². The number of hydrogen-bond donors (Lipinski definition) is 4. The van der Waals surface area contributed by atoms with E-state index in [9.17, 15) is 9.59 Å². The molecule has 0 radical (unpaired) electrons. The molecule has 166 valence electrons. The molecule has 1 aliphatic rings. The minimum absolute atomic E-state index is 0.217. The number of nitrogens with zero attached hydrogens (tertiary/aromatic N) is 1. The third-order valence-electron chi connectivity index (χ3n) is 5.23. The first-order chi connectivity index (χ1) is 15.0. The number of para-hydroxylation sites is 1. The Bertz CT molecular complexity index is 910. The van der Waals surface area contributed by atoms with Gasteiger partial charge in [0.25, 0.3) is 5.91 Å². The molecule has 9 heteroatoms. The summed E-state index contributed by atoms with van der Waals surface area (Å²) in [4.78, 5) is 26.8. The zero-order chi connectivity index (χ0) is 22.2. The molecule has 2 aromatic carbocycles. The van der Waals surface area contributed by atoms with E-state index in [2.05, 4.69) is 20.9 Å². The van der Waals surface area contributed by atoms with Gasteiger partial charge in [-0.25, -0.2) is 4.79 Å². The molecule has 1 heterocycles. The van der Waals surface area contributed by atoms with E-state index in [1.165, 1.54) is 13.2 Å². The van der Waals surface area contributed by atoms with Crippen molar-refractivity contribution < 1.29 is 14.3 Å². The number of benzene rings is 2. The maximum atomic E-state index is 12.6. The first-order valence-electron chi connectivity index (χ1n) is 10.2. The van der Waals surface area contributed by atoms with Gasteiger partial charge in [-0.15, -0.1) is 0 Å². The molecule has 0 spiro atoms. The van der Waals surface area contributed by atoms with E-state index in [4.69, 9.17) is 22.1 Å². The van der Waals surface area contributed by atoms with Gasteiger partial charge in [0.15, 0.2) is 0 Å². The first-order valence-corrected chi connectivity index (χ1v) is 10.6. The predicted octanol–water partition coefficient (Wildman–Crippen LogP) is 2.80. The lowest BCUT2D eigenvalue weighted by atomic mass is 10.1. The number of carbonyl (C=O) groups is 2. The summed E-state index contributed by atoms with van der Waals surface area (Å²) in [6.07, 6.45) is 0.982. The van der Waals surface area contributed by atoms with Crippen LogP contribution in [0.2, 0.25) is 5.02 Å². The van der Waals surface area contributed by atoms with E-state index in [1.807, 2.05) is 30.3 Å². The van der Waals surface area contributed by atoms with Crippen LogP contribution in [0.3, 0.4) is 0 Å². The number of nitrogens with one attached hydrogen (secondary N) is 3. The summed E-state index contributed by atoms with van der Waals surface area (Å²) in [7, 11) is 1.49. The zero-order valence-electron chi connectivity index (χ0n) is 17.5. The molecule has 5 N–H and O–H groups in total. The molecule has 3 amide bonds. The minimum atomic E-state index is -0.239. The molecule has 1 unspecified atom stereocenters.